The second-order valence-corrected chi connectivity index (χ2v) is 7.39. The van der Waals surface area contributed by atoms with Crippen LogP contribution in [0.1, 0.15) is 11.1 Å². The molecule has 1 aliphatic heterocycles. The third-order valence-electron chi connectivity index (χ3n) is 5.08. The van der Waals surface area contributed by atoms with Gasteiger partial charge in [-0.1, -0.05) is 0 Å². The Balaban J connectivity index is 1.84. The maximum atomic E-state index is 13.6. The van der Waals surface area contributed by atoms with Crippen LogP contribution in [0.2, 0.25) is 0 Å². The third kappa shape index (κ3) is 5.57. The average Bonchev–Trinajstić information content (AvgIpc) is 3.24. The highest BCUT2D eigenvalue weighted by Crippen LogP contribution is 2.39. The molecule has 0 aliphatic carbocycles. The molecule has 14 heteroatoms. The van der Waals surface area contributed by atoms with Gasteiger partial charge in [-0.3, -0.25) is 9.69 Å². The fourth-order valence-corrected chi connectivity index (χ4v) is 3.33. The summed E-state index contributed by atoms with van der Waals surface area (Å²) in [5, 5.41) is 20.2. The molecule has 2 aromatic carbocycles. The van der Waals surface area contributed by atoms with Crippen LogP contribution in [0.3, 0.4) is 0 Å². The van der Waals surface area contributed by atoms with Crippen LogP contribution < -0.4 is 15.1 Å². The molecule has 2 amide bonds. The van der Waals surface area contributed by atoms with Gasteiger partial charge in [-0.25, -0.2) is 4.79 Å². The number of carbonyl (C=O) groups is 2. The van der Waals surface area contributed by atoms with Crippen molar-refractivity contribution in [1.82, 2.24) is 0 Å². The van der Waals surface area contributed by atoms with E-state index in [1.165, 1.54) is 37.4 Å². The Morgan fingerprint density at radius 1 is 1.14 bits per heavy atom. The van der Waals surface area contributed by atoms with Crippen LogP contribution in [0.25, 0.3) is 0 Å². The zero-order chi connectivity index (χ0) is 26.1. The van der Waals surface area contributed by atoms with Crippen LogP contribution in [0.4, 0.5) is 48.2 Å². The number of benzene rings is 2. The van der Waals surface area contributed by atoms with E-state index in [2.05, 4.69) is 5.32 Å². The number of ether oxygens (including phenoxy) is 1. The number of nitrogens with zero attached hydrogens (tertiary/aromatic N) is 3. The van der Waals surface area contributed by atoms with Gasteiger partial charge in [0.15, 0.2) is 6.10 Å². The molecule has 0 saturated carbocycles. The Labute approximate surface area is 193 Å². The van der Waals surface area contributed by atoms with Crippen molar-refractivity contribution in [2.45, 2.75) is 24.7 Å². The van der Waals surface area contributed by atoms with E-state index in [4.69, 9.17) is 15.1 Å². The van der Waals surface area contributed by atoms with Gasteiger partial charge in [0.25, 0.3) is 5.91 Å². The number of hydrogen-bond donors (Lipinski definition) is 2. The Bertz CT molecular complexity index is 1160. The summed E-state index contributed by atoms with van der Waals surface area (Å²) in [4.78, 5) is 24.9. The topological polar surface area (TPSA) is 106 Å². The van der Waals surface area contributed by atoms with Crippen LogP contribution in [0.15, 0.2) is 42.5 Å². The molecule has 8 nitrogen and oxygen atoms in total. The molecule has 3 rings (SSSR count). The number of nitrogens with one attached hydrogen (secondary N) is 1. The van der Waals surface area contributed by atoms with Crippen molar-refractivity contribution < 1.29 is 45.8 Å². The van der Waals surface area contributed by atoms with Crippen LogP contribution >= 0.6 is 0 Å². The summed E-state index contributed by atoms with van der Waals surface area (Å²) in [5.41, 5.74) is -2.33. The Morgan fingerprint density at radius 2 is 1.77 bits per heavy atom. The monoisotopic (exact) mass is 502 g/mol. The van der Waals surface area contributed by atoms with Gasteiger partial charge < -0.3 is 20.1 Å². The number of carboxylic acid groups (broad SMARTS) is 1. The van der Waals surface area contributed by atoms with Crippen molar-refractivity contribution in [1.29, 1.82) is 5.26 Å². The van der Waals surface area contributed by atoms with Gasteiger partial charge in [0, 0.05) is 24.1 Å². The van der Waals surface area contributed by atoms with Gasteiger partial charge in [-0.05, 0) is 42.5 Å². The SMILES string of the molecule is CN(C(=O)O)c1ccc(NC(=O)C2CN(c3ccc(C#N)c(C(F)(F)F)c3)C(C(F)(F)F)O2)cc1. The maximum Gasteiger partial charge on any atom is 0.433 e. The first kappa shape index (κ1) is 25.6. The standard InChI is InChI=1S/C21H16F6N4O4/c1-30(19(33)34)13-6-3-12(4-7-13)29-17(32)16-10-31(18(35-16)21(25,26)27)14-5-2-11(9-28)15(8-14)20(22,23)24/h2-8,16,18H,10H2,1H3,(H,29,32)(H,33,34). The summed E-state index contributed by atoms with van der Waals surface area (Å²) in [5.74, 6) is -0.995. The number of amides is 2. The summed E-state index contributed by atoms with van der Waals surface area (Å²) in [6.45, 7) is -0.723. The molecule has 1 aliphatic rings. The minimum atomic E-state index is -5.05. The molecule has 0 radical (unpaired) electrons. The zero-order valence-corrected chi connectivity index (χ0v) is 17.7. The van der Waals surface area contributed by atoms with Crippen LogP contribution in [0, 0.1) is 11.3 Å². The van der Waals surface area contributed by atoms with Gasteiger partial charge in [-0.15, -0.1) is 0 Å². The van der Waals surface area contributed by atoms with E-state index in [-0.39, 0.29) is 11.4 Å². The van der Waals surface area contributed by atoms with Crippen molar-refractivity contribution in [2.24, 2.45) is 0 Å². The number of rotatable bonds is 4. The highest BCUT2D eigenvalue weighted by Gasteiger charge is 2.52. The molecule has 2 unspecified atom stereocenters. The Morgan fingerprint density at radius 3 is 2.29 bits per heavy atom. The molecule has 1 saturated heterocycles. The highest BCUT2D eigenvalue weighted by atomic mass is 19.4. The highest BCUT2D eigenvalue weighted by molar-refractivity contribution is 5.95. The van der Waals surface area contributed by atoms with E-state index in [1.807, 2.05) is 0 Å². The molecule has 35 heavy (non-hydrogen) atoms. The summed E-state index contributed by atoms with van der Waals surface area (Å²) in [6, 6.07) is 8.72. The molecule has 0 spiro atoms. The molecule has 0 aromatic heterocycles. The first-order valence-electron chi connectivity index (χ1n) is 9.70. The van der Waals surface area contributed by atoms with Gasteiger partial charge in [0.1, 0.15) is 0 Å². The van der Waals surface area contributed by atoms with Crippen molar-refractivity contribution in [3.05, 3.63) is 53.6 Å². The van der Waals surface area contributed by atoms with Crippen molar-refractivity contribution in [2.75, 3.05) is 28.7 Å². The quantitative estimate of drug-likeness (QED) is 0.600. The molecule has 2 aromatic rings. The molecular weight excluding hydrogens is 486 g/mol. The van der Waals surface area contributed by atoms with E-state index in [0.717, 1.165) is 17.0 Å². The van der Waals surface area contributed by atoms with E-state index in [9.17, 15) is 35.9 Å². The first-order valence-corrected chi connectivity index (χ1v) is 9.70. The van der Waals surface area contributed by atoms with E-state index < -0.39 is 60.0 Å². The third-order valence-corrected chi connectivity index (χ3v) is 5.08. The smallest absolute Gasteiger partial charge is 0.433 e. The molecule has 2 N–H and O–H groups in total. The number of nitriles is 1. The fourth-order valence-electron chi connectivity index (χ4n) is 3.33. The van der Waals surface area contributed by atoms with Crippen LogP contribution in [0.5, 0.6) is 0 Å². The van der Waals surface area contributed by atoms with E-state index in [1.54, 1.807) is 0 Å². The lowest BCUT2D eigenvalue weighted by atomic mass is 10.1. The zero-order valence-electron chi connectivity index (χ0n) is 17.7. The van der Waals surface area contributed by atoms with Crippen LogP contribution in [-0.2, 0) is 15.7 Å². The molecular formula is C21H16F6N4O4. The summed E-state index contributed by atoms with van der Waals surface area (Å²) >= 11 is 0. The normalized spacial score (nSPS) is 18.2. The molecule has 186 valence electrons. The molecule has 1 heterocycles. The maximum absolute atomic E-state index is 13.6. The van der Waals surface area contributed by atoms with Gasteiger partial charge in [-0.2, -0.15) is 31.6 Å². The number of hydrogen-bond acceptors (Lipinski definition) is 5. The average molecular weight is 502 g/mol. The minimum absolute atomic E-state index is 0.126. The summed E-state index contributed by atoms with van der Waals surface area (Å²) in [6.07, 6.45) is -15.7. The number of carbonyl (C=O) groups excluding carboxylic acids is 1. The molecule has 2 atom stereocenters. The van der Waals surface area contributed by atoms with Crippen molar-refractivity contribution >= 4 is 29.1 Å². The lowest BCUT2D eigenvalue weighted by Crippen LogP contribution is -2.42. The lowest BCUT2D eigenvalue weighted by molar-refractivity contribution is -0.212. The largest absolute Gasteiger partial charge is 0.465 e. The van der Waals surface area contributed by atoms with Gasteiger partial charge in [0.05, 0.1) is 23.7 Å². The number of halogens is 6. The first-order chi connectivity index (χ1) is 16.2. The number of anilines is 3. The Hall–Kier alpha value is -3.99. The Kier molecular flexibility index (Phi) is 6.84. The van der Waals surface area contributed by atoms with Crippen LogP contribution in [-0.4, -0.2) is 49.2 Å². The lowest BCUT2D eigenvalue weighted by Gasteiger charge is -2.27. The summed E-state index contributed by atoms with van der Waals surface area (Å²) < 4.78 is 85.5. The van der Waals surface area contributed by atoms with E-state index >= 15 is 0 Å². The van der Waals surface area contributed by atoms with E-state index in [0.29, 0.717) is 11.0 Å². The second-order valence-electron chi connectivity index (χ2n) is 7.39. The minimum Gasteiger partial charge on any atom is -0.465 e. The predicted molar refractivity (Wildman–Crippen MR) is 110 cm³/mol. The van der Waals surface area contributed by atoms with Crippen molar-refractivity contribution in [3.63, 3.8) is 0 Å². The van der Waals surface area contributed by atoms with Gasteiger partial charge in [0.2, 0.25) is 6.23 Å². The van der Waals surface area contributed by atoms with Gasteiger partial charge >= 0.3 is 18.4 Å². The molecule has 1 fully saturated rings. The van der Waals surface area contributed by atoms with Crippen molar-refractivity contribution in [3.8, 4) is 6.07 Å². The molecule has 0 bridgehead atoms. The summed E-state index contributed by atoms with van der Waals surface area (Å²) in [7, 11) is 1.28. The predicted octanol–water partition coefficient (Wildman–Crippen LogP) is 4.42. The fraction of sp³-hybridized carbons (Fsp3) is 0.286. The second kappa shape index (κ2) is 9.34. The number of alkyl halides is 6.